The van der Waals surface area contributed by atoms with Crippen LogP contribution in [-0.4, -0.2) is 52.3 Å². The summed E-state index contributed by atoms with van der Waals surface area (Å²) in [5, 5.41) is 18.6. The number of benzene rings is 1. The van der Waals surface area contributed by atoms with Crippen molar-refractivity contribution < 1.29 is 19.4 Å². The van der Waals surface area contributed by atoms with Crippen LogP contribution in [0.2, 0.25) is 0 Å². The number of hydrogen-bond donors (Lipinski definition) is 2. The average Bonchev–Trinajstić information content (AvgIpc) is 2.45. The molecular formula is C15H17FN2O3. The van der Waals surface area contributed by atoms with Crippen LogP contribution in [0.25, 0.3) is 10.9 Å². The molecule has 1 amide bonds. The second-order valence-corrected chi connectivity index (χ2v) is 4.71. The number of aliphatic hydroxyl groups is 2. The molecule has 112 valence electrons. The maximum absolute atomic E-state index is 13.3. The van der Waals surface area contributed by atoms with Crippen LogP contribution in [0.3, 0.4) is 0 Å². The third kappa shape index (κ3) is 3.34. The smallest absolute Gasteiger partial charge is 0.254 e. The average molecular weight is 292 g/mol. The lowest BCUT2D eigenvalue weighted by molar-refractivity contribution is 0.0686. The molecule has 0 saturated heterocycles. The number of rotatable bonds is 5. The number of halogens is 1. The van der Waals surface area contributed by atoms with E-state index in [1.165, 1.54) is 23.1 Å². The van der Waals surface area contributed by atoms with Gasteiger partial charge < -0.3 is 15.1 Å². The summed E-state index contributed by atoms with van der Waals surface area (Å²) in [4.78, 5) is 18.1. The fourth-order valence-corrected chi connectivity index (χ4v) is 2.24. The molecule has 0 bridgehead atoms. The summed E-state index contributed by atoms with van der Waals surface area (Å²) in [7, 11) is 0. The van der Waals surface area contributed by atoms with Gasteiger partial charge in [-0.05, 0) is 25.1 Å². The van der Waals surface area contributed by atoms with Crippen LogP contribution in [0.1, 0.15) is 16.1 Å². The minimum atomic E-state index is -0.415. The van der Waals surface area contributed by atoms with Gasteiger partial charge in [-0.25, -0.2) is 4.39 Å². The highest BCUT2D eigenvalue weighted by Gasteiger charge is 2.18. The molecule has 0 unspecified atom stereocenters. The molecule has 0 aliphatic heterocycles. The minimum absolute atomic E-state index is 0.128. The van der Waals surface area contributed by atoms with Crippen molar-refractivity contribution in [2.45, 2.75) is 6.92 Å². The summed E-state index contributed by atoms with van der Waals surface area (Å²) in [6, 6.07) is 5.70. The van der Waals surface area contributed by atoms with Gasteiger partial charge in [-0.15, -0.1) is 0 Å². The van der Waals surface area contributed by atoms with Crippen molar-refractivity contribution in [2.75, 3.05) is 26.3 Å². The van der Waals surface area contributed by atoms with E-state index in [1.807, 2.05) is 0 Å². The van der Waals surface area contributed by atoms with Crippen LogP contribution in [-0.2, 0) is 0 Å². The van der Waals surface area contributed by atoms with Crippen molar-refractivity contribution in [3.63, 3.8) is 0 Å². The van der Waals surface area contributed by atoms with Gasteiger partial charge in [-0.1, -0.05) is 0 Å². The highest BCUT2D eigenvalue weighted by molar-refractivity contribution is 6.06. The molecule has 0 spiro atoms. The van der Waals surface area contributed by atoms with Crippen LogP contribution in [0.5, 0.6) is 0 Å². The molecule has 0 fully saturated rings. The Morgan fingerprint density at radius 1 is 1.24 bits per heavy atom. The summed E-state index contributed by atoms with van der Waals surface area (Å²) < 4.78 is 13.3. The van der Waals surface area contributed by atoms with Gasteiger partial charge in [0.05, 0.1) is 24.3 Å². The molecular weight excluding hydrogens is 275 g/mol. The molecule has 6 heteroatoms. The lowest BCUT2D eigenvalue weighted by Gasteiger charge is -2.21. The standard InChI is InChI=1S/C15H17FN2O3/c1-10-8-13(15(21)18(4-6-19)5-7-20)12-3-2-11(16)9-14(12)17-10/h2-3,8-9,19-20H,4-7H2,1H3. The van der Waals surface area contributed by atoms with Crippen molar-refractivity contribution >= 4 is 16.8 Å². The second-order valence-electron chi connectivity index (χ2n) is 4.71. The van der Waals surface area contributed by atoms with Gasteiger partial charge >= 0.3 is 0 Å². The van der Waals surface area contributed by atoms with E-state index in [1.54, 1.807) is 13.0 Å². The Morgan fingerprint density at radius 3 is 2.52 bits per heavy atom. The quantitative estimate of drug-likeness (QED) is 0.866. The monoisotopic (exact) mass is 292 g/mol. The lowest BCUT2D eigenvalue weighted by Crippen LogP contribution is -2.36. The first-order valence-corrected chi connectivity index (χ1v) is 6.64. The zero-order valence-electron chi connectivity index (χ0n) is 11.7. The SMILES string of the molecule is Cc1cc(C(=O)N(CCO)CCO)c2ccc(F)cc2n1. The Kier molecular flexibility index (Phi) is 4.82. The fourth-order valence-electron chi connectivity index (χ4n) is 2.24. The predicted molar refractivity (Wildman–Crippen MR) is 76.5 cm³/mol. The van der Waals surface area contributed by atoms with Crippen LogP contribution < -0.4 is 0 Å². The number of carbonyl (C=O) groups is 1. The van der Waals surface area contributed by atoms with Crippen LogP contribution >= 0.6 is 0 Å². The molecule has 0 aliphatic rings. The summed E-state index contributed by atoms with van der Waals surface area (Å²) in [6.45, 7) is 1.60. The number of amides is 1. The number of aliphatic hydroxyl groups excluding tert-OH is 2. The fraction of sp³-hybridized carbons (Fsp3) is 0.333. The Morgan fingerprint density at radius 2 is 1.90 bits per heavy atom. The van der Waals surface area contributed by atoms with Crippen LogP contribution in [0.4, 0.5) is 4.39 Å². The summed E-state index contributed by atoms with van der Waals surface area (Å²) in [5.41, 5.74) is 1.40. The molecule has 0 radical (unpaired) electrons. The molecule has 21 heavy (non-hydrogen) atoms. The van der Waals surface area contributed by atoms with Crippen molar-refractivity contribution in [1.29, 1.82) is 0 Å². The first-order chi connectivity index (χ1) is 10.1. The van der Waals surface area contributed by atoms with Gasteiger partial charge in [0.15, 0.2) is 0 Å². The molecule has 2 N–H and O–H groups in total. The molecule has 1 heterocycles. The Hall–Kier alpha value is -2.05. The maximum Gasteiger partial charge on any atom is 0.254 e. The zero-order valence-corrected chi connectivity index (χ0v) is 11.7. The number of aryl methyl sites for hydroxylation is 1. The lowest BCUT2D eigenvalue weighted by atomic mass is 10.1. The predicted octanol–water partition coefficient (Wildman–Crippen LogP) is 1.11. The number of hydrogen-bond acceptors (Lipinski definition) is 4. The molecule has 2 rings (SSSR count). The van der Waals surface area contributed by atoms with Gasteiger partial charge in [0.25, 0.3) is 5.91 Å². The van der Waals surface area contributed by atoms with E-state index < -0.39 is 5.82 Å². The summed E-state index contributed by atoms with van der Waals surface area (Å²) in [5.74, 6) is -0.734. The normalized spacial score (nSPS) is 10.9. The van der Waals surface area contributed by atoms with Gasteiger partial charge in [-0.2, -0.15) is 0 Å². The maximum atomic E-state index is 13.3. The van der Waals surface area contributed by atoms with Crippen molar-refractivity contribution in [2.24, 2.45) is 0 Å². The number of fused-ring (bicyclic) bond motifs is 1. The zero-order chi connectivity index (χ0) is 15.4. The van der Waals surface area contributed by atoms with Crippen LogP contribution in [0.15, 0.2) is 24.3 Å². The number of nitrogens with zero attached hydrogens (tertiary/aromatic N) is 2. The first-order valence-electron chi connectivity index (χ1n) is 6.64. The van der Waals surface area contributed by atoms with Crippen LogP contribution in [0, 0.1) is 12.7 Å². The third-order valence-electron chi connectivity index (χ3n) is 3.16. The number of aromatic nitrogens is 1. The number of pyridine rings is 1. The number of carbonyl (C=O) groups excluding carboxylic acids is 1. The van der Waals surface area contributed by atoms with E-state index in [2.05, 4.69) is 4.98 Å². The highest BCUT2D eigenvalue weighted by Crippen LogP contribution is 2.21. The van der Waals surface area contributed by atoms with Gasteiger partial charge in [0.1, 0.15) is 5.82 Å². The Balaban J connectivity index is 2.51. The van der Waals surface area contributed by atoms with Crippen molar-refractivity contribution in [3.05, 3.63) is 41.3 Å². The van der Waals surface area contributed by atoms with Crippen molar-refractivity contribution in [3.8, 4) is 0 Å². The Bertz CT molecular complexity index is 649. The largest absolute Gasteiger partial charge is 0.395 e. The molecule has 0 aliphatic carbocycles. The van der Waals surface area contributed by atoms with E-state index in [0.717, 1.165) is 0 Å². The van der Waals surface area contributed by atoms with Gasteiger partial charge in [-0.3, -0.25) is 9.78 Å². The van der Waals surface area contributed by atoms with Gasteiger partial charge in [0, 0.05) is 30.2 Å². The molecule has 2 aromatic rings. The summed E-state index contributed by atoms with van der Waals surface area (Å²) in [6.07, 6.45) is 0. The molecule has 0 saturated carbocycles. The molecule has 5 nitrogen and oxygen atoms in total. The summed E-state index contributed by atoms with van der Waals surface area (Å²) >= 11 is 0. The Labute approximate surface area is 121 Å². The third-order valence-corrected chi connectivity index (χ3v) is 3.16. The molecule has 0 atom stereocenters. The second kappa shape index (κ2) is 6.60. The molecule has 1 aromatic heterocycles. The van der Waals surface area contributed by atoms with E-state index in [9.17, 15) is 9.18 Å². The van der Waals surface area contributed by atoms with Crippen molar-refractivity contribution in [1.82, 2.24) is 9.88 Å². The van der Waals surface area contributed by atoms with E-state index in [4.69, 9.17) is 10.2 Å². The van der Waals surface area contributed by atoms with E-state index in [-0.39, 0.29) is 32.2 Å². The van der Waals surface area contributed by atoms with E-state index >= 15 is 0 Å². The van der Waals surface area contributed by atoms with E-state index in [0.29, 0.717) is 22.2 Å². The first kappa shape index (κ1) is 15.3. The van der Waals surface area contributed by atoms with Gasteiger partial charge in [0.2, 0.25) is 0 Å². The molecule has 1 aromatic carbocycles. The topological polar surface area (TPSA) is 73.7 Å². The highest BCUT2D eigenvalue weighted by atomic mass is 19.1. The minimum Gasteiger partial charge on any atom is -0.395 e.